The van der Waals surface area contributed by atoms with Gasteiger partial charge in [-0.25, -0.2) is 0 Å². The lowest BCUT2D eigenvalue weighted by Gasteiger charge is -2.09. The van der Waals surface area contributed by atoms with E-state index < -0.39 is 0 Å². The van der Waals surface area contributed by atoms with Gasteiger partial charge in [0.25, 0.3) is 0 Å². The number of hydrogen-bond acceptors (Lipinski definition) is 2. The van der Waals surface area contributed by atoms with E-state index in [0.29, 0.717) is 6.04 Å². The highest BCUT2D eigenvalue weighted by Gasteiger charge is 2.22. The van der Waals surface area contributed by atoms with Crippen LogP contribution in [0.1, 0.15) is 33.1 Å². The SMILES string of the molecule is CCCC1CNC(COCC)C1. The summed E-state index contributed by atoms with van der Waals surface area (Å²) < 4.78 is 5.38. The van der Waals surface area contributed by atoms with Crippen LogP contribution in [0.3, 0.4) is 0 Å². The van der Waals surface area contributed by atoms with Crippen molar-refractivity contribution in [3.8, 4) is 0 Å². The summed E-state index contributed by atoms with van der Waals surface area (Å²) in [6.45, 7) is 7.26. The van der Waals surface area contributed by atoms with Crippen LogP contribution in [0.2, 0.25) is 0 Å². The van der Waals surface area contributed by atoms with E-state index in [-0.39, 0.29) is 0 Å². The van der Waals surface area contributed by atoms with Gasteiger partial charge in [0, 0.05) is 12.6 Å². The number of nitrogens with one attached hydrogen (secondary N) is 1. The van der Waals surface area contributed by atoms with Crippen LogP contribution in [0, 0.1) is 5.92 Å². The predicted octanol–water partition coefficient (Wildman–Crippen LogP) is 1.80. The van der Waals surface area contributed by atoms with E-state index in [1.807, 2.05) is 0 Å². The summed E-state index contributed by atoms with van der Waals surface area (Å²) >= 11 is 0. The second-order valence-electron chi connectivity index (χ2n) is 3.66. The van der Waals surface area contributed by atoms with Gasteiger partial charge in [0.15, 0.2) is 0 Å². The summed E-state index contributed by atoms with van der Waals surface area (Å²) in [5.41, 5.74) is 0. The molecule has 2 nitrogen and oxygen atoms in total. The van der Waals surface area contributed by atoms with E-state index in [9.17, 15) is 0 Å². The highest BCUT2D eigenvalue weighted by molar-refractivity contribution is 4.80. The molecule has 1 aliphatic rings. The van der Waals surface area contributed by atoms with Crippen molar-refractivity contribution in [1.29, 1.82) is 0 Å². The Bertz CT molecular complexity index is 116. The van der Waals surface area contributed by atoms with Crippen LogP contribution in [0.5, 0.6) is 0 Å². The van der Waals surface area contributed by atoms with Crippen LogP contribution < -0.4 is 5.32 Å². The average molecular weight is 171 g/mol. The average Bonchev–Trinajstić information content (AvgIpc) is 2.50. The molecule has 1 fully saturated rings. The van der Waals surface area contributed by atoms with E-state index in [1.165, 1.54) is 25.8 Å². The molecule has 1 aliphatic heterocycles. The fourth-order valence-corrected chi connectivity index (χ4v) is 1.92. The molecule has 2 atom stereocenters. The molecule has 0 aromatic rings. The molecule has 0 bridgehead atoms. The molecular weight excluding hydrogens is 150 g/mol. The van der Waals surface area contributed by atoms with Gasteiger partial charge in [-0.2, -0.15) is 0 Å². The molecule has 2 heteroatoms. The third kappa shape index (κ3) is 3.11. The number of hydrogen-bond donors (Lipinski definition) is 1. The van der Waals surface area contributed by atoms with Crippen molar-refractivity contribution in [2.45, 2.75) is 39.2 Å². The summed E-state index contributed by atoms with van der Waals surface area (Å²) in [6.07, 6.45) is 4.00. The number of ether oxygens (including phenoxy) is 1. The van der Waals surface area contributed by atoms with Gasteiger partial charge >= 0.3 is 0 Å². The standard InChI is InChI=1S/C10H21NO/c1-3-5-9-6-10(11-7-9)8-12-4-2/h9-11H,3-8H2,1-2H3. The van der Waals surface area contributed by atoms with Gasteiger partial charge in [0.1, 0.15) is 0 Å². The quantitative estimate of drug-likeness (QED) is 0.681. The van der Waals surface area contributed by atoms with Crippen LogP contribution in [-0.4, -0.2) is 25.8 Å². The normalized spacial score (nSPS) is 29.5. The van der Waals surface area contributed by atoms with Gasteiger partial charge in [-0.1, -0.05) is 13.3 Å². The first-order chi connectivity index (χ1) is 5.86. The highest BCUT2D eigenvalue weighted by atomic mass is 16.5. The maximum absolute atomic E-state index is 5.38. The van der Waals surface area contributed by atoms with Gasteiger partial charge < -0.3 is 10.1 Å². The lowest BCUT2D eigenvalue weighted by atomic mass is 10.0. The molecule has 12 heavy (non-hydrogen) atoms. The fourth-order valence-electron chi connectivity index (χ4n) is 1.92. The third-order valence-electron chi connectivity index (χ3n) is 2.53. The molecule has 0 radical (unpaired) electrons. The Morgan fingerprint density at radius 3 is 2.92 bits per heavy atom. The molecule has 0 saturated carbocycles. The van der Waals surface area contributed by atoms with Gasteiger partial charge in [0.2, 0.25) is 0 Å². The summed E-state index contributed by atoms with van der Waals surface area (Å²) in [5, 5.41) is 3.50. The first kappa shape index (κ1) is 10.0. The minimum atomic E-state index is 0.626. The van der Waals surface area contributed by atoms with Crippen molar-refractivity contribution in [3.63, 3.8) is 0 Å². The lowest BCUT2D eigenvalue weighted by molar-refractivity contribution is 0.127. The maximum Gasteiger partial charge on any atom is 0.0619 e. The molecule has 0 aromatic heterocycles. The monoisotopic (exact) mass is 171 g/mol. The predicted molar refractivity (Wildman–Crippen MR) is 51.3 cm³/mol. The zero-order chi connectivity index (χ0) is 8.81. The molecule has 2 unspecified atom stereocenters. The first-order valence-corrected chi connectivity index (χ1v) is 5.18. The van der Waals surface area contributed by atoms with Gasteiger partial charge in [-0.3, -0.25) is 0 Å². The Hall–Kier alpha value is -0.0800. The summed E-state index contributed by atoms with van der Waals surface area (Å²) in [7, 11) is 0. The minimum Gasteiger partial charge on any atom is -0.380 e. The van der Waals surface area contributed by atoms with Crippen LogP contribution in [-0.2, 0) is 4.74 Å². The third-order valence-corrected chi connectivity index (χ3v) is 2.53. The van der Waals surface area contributed by atoms with E-state index in [0.717, 1.165) is 19.1 Å². The molecule has 0 spiro atoms. The van der Waals surface area contributed by atoms with Crippen LogP contribution in [0.25, 0.3) is 0 Å². The number of rotatable bonds is 5. The van der Waals surface area contributed by atoms with E-state index in [1.54, 1.807) is 0 Å². The zero-order valence-electron chi connectivity index (χ0n) is 8.31. The molecule has 1 rings (SSSR count). The van der Waals surface area contributed by atoms with Gasteiger partial charge in [-0.15, -0.1) is 0 Å². The fraction of sp³-hybridized carbons (Fsp3) is 1.00. The van der Waals surface area contributed by atoms with Crippen molar-refractivity contribution in [2.75, 3.05) is 19.8 Å². The van der Waals surface area contributed by atoms with Gasteiger partial charge in [0.05, 0.1) is 6.61 Å². The Morgan fingerprint density at radius 1 is 1.42 bits per heavy atom. The highest BCUT2D eigenvalue weighted by Crippen LogP contribution is 2.18. The molecule has 0 aliphatic carbocycles. The second-order valence-corrected chi connectivity index (χ2v) is 3.66. The van der Waals surface area contributed by atoms with E-state index in [4.69, 9.17) is 4.74 Å². The molecule has 0 aromatic carbocycles. The molecule has 1 heterocycles. The molecule has 72 valence electrons. The first-order valence-electron chi connectivity index (χ1n) is 5.18. The van der Waals surface area contributed by atoms with Crippen molar-refractivity contribution in [1.82, 2.24) is 5.32 Å². The summed E-state index contributed by atoms with van der Waals surface area (Å²) in [4.78, 5) is 0. The Balaban J connectivity index is 2.08. The van der Waals surface area contributed by atoms with Crippen LogP contribution in [0.15, 0.2) is 0 Å². The largest absolute Gasteiger partial charge is 0.380 e. The summed E-state index contributed by atoms with van der Waals surface area (Å²) in [6, 6.07) is 0.626. The molecule has 1 saturated heterocycles. The Labute approximate surface area is 75.7 Å². The zero-order valence-corrected chi connectivity index (χ0v) is 8.31. The van der Waals surface area contributed by atoms with Crippen molar-refractivity contribution in [2.24, 2.45) is 5.92 Å². The second kappa shape index (κ2) is 5.55. The minimum absolute atomic E-state index is 0.626. The smallest absolute Gasteiger partial charge is 0.0619 e. The van der Waals surface area contributed by atoms with Crippen molar-refractivity contribution >= 4 is 0 Å². The summed E-state index contributed by atoms with van der Waals surface area (Å²) in [5.74, 6) is 0.903. The maximum atomic E-state index is 5.38. The van der Waals surface area contributed by atoms with E-state index in [2.05, 4.69) is 19.2 Å². The van der Waals surface area contributed by atoms with Crippen molar-refractivity contribution in [3.05, 3.63) is 0 Å². The topological polar surface area (TPSA) is 21.3 Å². The Morgan fingerprint density at radius 2 is 2.25 bits per heavy atom. The molecular formula is C10H21NO. The van der Waals surface area contributed by atoms with Crippen molar-refractivity contribution < 1.29 is 4.74 Å². The Kier molecular flexibility index (Phi) is 4.62. The lowest BCUT2D eigenvalue weighted by Crippen LogP contribution is -2.26. The molecule has 1 N–H and O–H groups in total. The van der Waals surface area contributed by atoms with E-state index >= 15 is 0 Å². The van der Waals surface area contributed by atoms with Crippen LogP contribution in [0.4, 0.5) is 0 Å². The molecule has 0 amide bonds. The van der Waals surface area contributed by atoms with Crippen LogP contribution >= 0.6 is 0 Å². The van der Waals surface area contributed by atoms with Gasteiger partial charge in [-0.05, 0) is 32.2 Å².